The molecule has 1 aliphatic carbocycles. The van der Waals surface area contributed by atoms with Gasteiger partial charge in [-0.2, -0.15) is 0 Å². The van der Waals surface area contributed by atoms with Gasteiger partial charge in [0, 0.05) is 23.2 Å². The Morgan fingerprint density at radius 2 is 1.76 bits per heavy atom. The second kappa shape index (κ2) is 6.29. The maximum atomic E-state index is 9.73. The molecule has 1 aromatic carbocycles. The Labute approximate surface area is 136 Å². The van der Waals surface area contributed by atoms with Gasteiger partial charge in [-0.1, -0.05) is 41.3 Å². The topological polar surface area (TPSA) is 23.5 Å². The van der Waals surface area contributed by atoms with Crippen molar-refractivity contribution in [3.63, 3.8) is 0 Å². The number of nitrogens with zero attached hydrogens (tertiary/aromatic N) is 1. The smallest absolute Gasteiger partial charge is 0.0772 e. The van der Waals surface area contributed by atoms with Crippen LogP contribution in [0.5, 0.6) is 0 Å². The van der Waals surface area contributed by atoms with Crippen LogP contribution in [0.1, 0.15) is 63.5 Å². The second-order valence-corrected chi connectivity index (χ2v) is 7.78. The minimum Gasteiger partial charge on any atom is -0.389 e. The third-order valence-corrected chi connectivity index (χ3v) is 6.22. The Hall–Kier alpha value is -0.540. The molecular weight excluding hydrogens is 326 g/mol. The monoisotopic (exact) mass is 351 g/mol. The van der Waals surface area contributed by atoms with Crippen LogP contribution < -0.4 is 4.90 Å². The maximum absolute atomic E-state index is 9.73. The molecule has 0 aromatic heterocycles. The van der Waals surface area contributed by atoms with Crippen molar-refractivity contribution in [3.05, 3.63) is 28.2 Å². The van der Waals surface area contributed by atoms with Crippen molar-refractivity contribution in [2.24, 2.45) is 5.41 Å². The molecule has 1 N–H and O–H groups in total. The average Bonchev–Trinajstić information content (AvgIpc) is 2.48. The summed E-state index contributed by atoms with van der Waals surface area (Å²) in [6.07, 6.45) is 9.51. The molecule has 0 bridgehead atoms. The molecule has 0 unspecified atom stereocenters. The highest BCUT2D eigenvalue weighted by atomic mass is 79.9. The zero-order valence-corrected chi connectivity index (χ0v) is 14.5. The summed E-state index contributed by atoms with van der Waals surface area (Å²) in [6, 6.07) is 6.38. The molecule has 3 rings (SSSR count). The first-order chi connectivity index (χ1) is 10.1. The van der Waals surface area contributed by atoms with Crippen LogP contribution >= 0.6 is 15.9 Å². The molecule has 0 amide bonds. The summed E-state index contributed by atoms with van der Waals surface area (Å²) in [5.74, 6) is 0. The number of rotatable bonds is 2. The first-order valence-electron chi connectivity index (χ1n) is 8.32. The molecule has 1 aliphatic heterocycles. The van der Waals surface area contributed by atoms with Crippen LogP contribution in [0, 0.1) is 5.41 Å². The van der Waals surface area contributed by atoms with Gasteiger partial charge in [0.15, 0.2) is 0 Å². The van der Waals surface area contributed by atoms with Crippen LogP contribution in [-0.2, 0) is 0 Å². The lowest BCUT2D eigenvalue weighted by molar-refractivity contribution is 0.144. The van der Waals surface area contributed by atoms with E-state index in [0.29, 0.717) is 5.41 Å². The van der Waals surface area contributed by atoms with Crippen LogP contribution in [0.25, 0.3) is 0 Å². The summed E-state index contributed by atoms with van der Waals surface area (Å²) in [5, 5.41) is 9.73. The first kappa shape index (κ1) is 15.4. The minimum absolute atomic E-state index is 0.416. The number of hydrogen-bond donors (Lipinski definition) is 1. The summed E-state index contributed by atoms with van der Waals surface area (Å²) in [6.45, 7) is 4.18. The number of hydrogen-bond acceptors (Lipinski definition) is 2. The summed E-state index contributed by atoms with van der Waals surface area (Å²) in [4.78, 5) is 2.51. The maximum Gasteiger partial charge on any atom is 0.0772 e. The zero-order valence-electron chi connectivity index (χ0n) is 12.9. The fourth-order valence-corrected chi connectivity index (χ4v) is 4.79. The Balaban J connectivity index is 1.68. The van der Waals surface area contributed by atoms with Crippen molar-refractivity contribution in [2.45, 2.75) is 58.0 Å². The number of halogens is 1. The van der Waals surface area contributed by atoms with Crippen molar-refractivity contribution >= 4 is 21.6 Å². The Morgan fingerprint density at radius 1 is 1.10 bits per heavy atom. The molecule has 3 heteroatoms. The van der Waals surface area contributed by atoms with Gasteiger partial charge in [0.1, 0.15) is 0 Å². The van der Waals surface area contributed by atoms with Gasteiger partial charge in [-0.25, -0.2) is 0 Å². The van der Waals surface area contributed by atoms with Gasteiger partial charge in [-0.05, 0) is 55.7 Å². The molecule has 2 aliphatic rings. The molecule has 1 atom stereocenters. The summed E-state index contributed by atoms with van der Waals surface area (Å²) in [5.41, 5.74) is 2.92. The molecule has 2 nitrogen and oxygen atoms in total. The minimum atomic E-state index is -0.416. The van der Waals surface area contributed by atoms with Crippen molar-refractivity contribution in [2.75, 3.05) is 18.0 Å². The summed E-state index contributed by atoms with van der Waals surface area (Å²) in [7, 11) is 0. The lowest BCUT2D eigenvalue weighted by atomic mass is 9.68. The molecular formula is C18H26BrNO. The molecule has 2 fully saturated rings. The van der Waals surface area contributed by atoms with Crippen molar-refractivity contribution in [3.8, 4) is 0 Å². The van der Waals surface area contributed by atoms with Crippen LogP contribution in [-0.4, -0.2) is 18.2 Å². The molecule has 1 aromatic rings. The largest absolute Gasteiger partial charge is 0.389 e. The van der Waals surface area contributed by atoms with Gasteiger partial charge in [0.05, 0.1) is 6.10 Å². The van der Waals surface area contributed by atoms with E-state index >= 15 is 0 Å². The van der Waals surface area contributed by atoms with Crippen LogP contribution in [0.15, 0.2) is 22.7 Å². The van der Waals surface area contributed by atoms with E-state index in [4.69, 9.17) is 0 Å². The second-order valence-electron chi connectivity index (χ2n) is 6.93. The SMILES string of the molecule is C[C@@H](O)c1ccc(N2CCC3(CCCCC3)CC2)cc1Br. The first-order valence-corrected chi connectivity index (χ1v) is 9.11. The number of piperidine rings is 1. The van der Waals surface area contributed by atoms with E-state index in [1.165, 1.54) is 63.7 Å². The fourth-order valence-electron chi connectivity index (χ4n) is 4.09. The Kier molecular flexibility index (Phi) is 4.60. The molecule has 0 radical (unpaired) electrons. The van der Waals surface area contributed by atoms with Crippen LogP contribution in [0.3, 0.4) is 0 Å². The van der Waals surface area contributed by atoms with Gasteiger partial charge >= 0.3 is 0 Å². The lowest BCUT2D eigenvalue weighted by Crippen LogP contribution is -2.41. The van der Waals surface area contributed by atoms with Crippen LogP contribution in [0.2, 0.25) is 0 Å². The predicted octanol–water partition coefficient (Wildman–Crippen LogP) is 5.05. The molecule has 116 valence electrons. The van der Waals surface area contributed by atoms with Gasteiger partial charge in [-0.3, -0.25) is 0 Å². The van der Waals surface area contributed by atoms with Gasteiger partial charge in [0.25, 0.3) is 0 Å². The van der Waals surface area contributed by atoms with Crippen molar-refractivity contribution in [1.82, 2.24) is 0 Å². The van der Waals surface area contributed by atoms with Crippen LogP contribution in [0.4, 0.5) is 5.69 Å². The van der Waals surface area contributed by atoms with E-state index in [-0.39, 0.29) is 0 Å². The highest BCUT2D eigenvalue weighted by molar-refractivity contribution is 9.10. The zero-order chi connectivity index (χ0) is 14.9. The highest BCUT2D eigenvalue weighted by Gasteiger charge is 2.35. The number of aliphatic hydroxyl groups excluding tert-OH is 1. The van der Waals surface area contributed by atoms with Gasteiger partial charge < -0.3 is 10.0 Å². The predicted molar refractivity (Wildman–Crippen MR) is 91.7 cm³/mol. The third kappa shape index (κ3) is 3.29. The molecule has 21 heavy (non-hydrogen) atoms. The normalized spacial score (nSPS) is 23.3. The van der Waals surface area contributed by atoms with E-state index in [2.05, 4.69) is 39.0 Å². The van der Waals surface area contributed by atoms with Crippen molar-refractivity contribution in [1.29, 1.82) is 0 Å². The van der Waals surface area contributed by atoms with Gasteiger partial charge in [0.2, 0.25) is 0 Å². The van der Waals surface area contributed by atoms with E-state index < -0.39 is 6.10 Å². The van der Waals surface area contributed by atoms with Crippen molar-refractivity contribution < 1.29 is 5.11 Å². The number of aliphatic hydroxyl groups is 1. The highest BCUT2D eigenvalue weighted by Crippen LogP contribution is 2.45. The lowest BCUT2D eigenvalue weighted by Gasteiger charge is -2.45. The summed E-state index contributed by atoms with van der Waals surface area (Å²) >= 11 is 3.60. The van der Waals surface area contributed by atoms with Gasteiger partial charge in [-0.15, -0.1) is 0 Å². The van der Waals surface area contributed by atoms with E-state index in [1.807, 2.05) is 6.92 Å². The number of anilines is 1. The third-order valence-electron chi connectivity index (χ3n) is 5.54. The van der Waals surface area contributed by atoms with E-state index in [0.717, 1.165) is 10.0 Å². The average molecular weight is 352 g/mol. The number of benzene rings is 1. The molecule has 1 spiro atoms. The molecule has 1 heterocycles. The molecule has 1 saturated carbocycles. The standard InChI is InChI=1S/C18H26BrNO/c1-14(21)16-6-5-15(13-17(16)19)20-11-9-18(10-12-20)7-3-2-4-8-18/h5-6,13-14,21H,2-4,7-12H2,1H3/t14-/m1/s1. The van der Waals surface area contributed by atoms with E-state index in [1.54, 1.807) is 0 Å². The molecule has 1 saturated heterocycles. The Bertz CT molecular complexity index is 484. The summed E-state index contributed by atoms with van der Waals surface area (Å²) < 4.78 is 1.02. The Morgan fingerprint density at radius 3 is 2.33 bits per heavy atom. The quantitative estimate of drug-likeness (QED) is 0.805. The fraction of sp³-hybridized carbons (Fsp3) is 0.667. The van der Waals surface area contributed by atoms with E-state index in [9.17, 15) is 5.11 Å².